The molecule has 0 bridgehead atoms. The van der Waals surface area contributed by atoms with Gasteiger partial charge in [-0.15, -0.1) is 0 Å². The maximum Gasteiger partial charge on any atom is 0.412 e. The first-order valence-electron chi connectivity index (χ1n) is 12.6. The summed E-state index contributed by atoms with van der Waals surface area (Å²) in [5.74, 6) is 0.692. The molecule has 2 aliphatic rings. The minimum absolute atomic E-state index is 0.0640. The monoisotopic (exact) mass is 551 g/mol. The Morgan fingerprint density at radius 2 is 2.08 bits per heavy atom. The van der Waals surface area contributed by atoms with E-state index in [9.17, 15) is 9.18 Å². The summed E-state index contributed by atoms with van der Waals surface area (Å²) in [6, 6.07) is 9.57. The molecule has 1 N–H and O–H groups in total. The van der Waals surface area contributed by atoms with Crippen LogP contribution in [0.3, 0.4) is 0 Å². The summed E-state index contributed by atoms with van der Waals surface area (Å²) in [6.07, 6.45) is 1.64. The molecule has 0 saturated heterocycles. The quantitative estimate of drug-likeness (QED) is 0.400. The lowest BCUT2D eigenvalue weighted by molar-refractivity contribution is 0.203. The lowest BCUT2D eigenvalue weighted by Crippen LogP contribution is -2.43. The number of hydrogen-bond donors (Lipinski definition) is 1. The Kier molecular flexibility index (Phi) is 6.38. The van der Waals surface area contributed by atoms with Gasteiger partial charge in [0.25, 0.3) is 0 Å². The van der Waals surface area contributed by atoms with Gasteiger partial charge >= 0.3 is 12.1 Å². The molecule has 1 amide bonds. The number of anilines is 2. The Morgan fingerprint density at radius 1 is 1.23 bits per heavy atom. The molecule has 0 saturated carbocycles. The van der Waals surface area contributed by atoms with Crippen LogP contribution in [0.5, 0.6) is 11.8 Å². The van der Waals surface area contributed by atoms with Crippen molar-refractivity contribution in [2.75, 3.05) is 30.5 Å². The fourth-order valence-electron chi connectivity index (χ4n) is 5.40. The van der Waals surface area contributed by atoms with Crippen molar-refractivity contribution >= 4 is 40.0 Å². The second-order valence-electron chi connectivity index (χ2n) is 9.66. The molecule has 12 heteroatoms. The number of amides is 1. The number of fused-ring (bicyclic) bond motifs is 3. The van der Waals surface area contributed by atoms with Crippen molar-refractivity contribution in [1.82, 2.24) is 24.8 Å². The van der Waals surface area contributed by atoms with Crippen molar-refractivity contribution in [1.29, 1.82) is 0 Å². The molecule has 1 unspecified atom stereocenters. The number of methoxy groups -OCH3 is 1. The molecule has 0 aliphatic carbocycles. The van der Waals surface area contributed by atoms with Gasteiger partial charge in [0.1, 0.15) is 11.6 Å². The van der Waals surface area contributed by atoms with E-state index in [0.29, 0.717) is 49.1 Å². The molecule has 2 aromatic heterocycles. The van der Waals surface area contributed by atoms with Gasteiger partial charge in [0, 0.05) is 43.2 Å². The second-order valence-corrected chi connectivity index (χ2v) is 10.1. The van der Waals surface area contributed by atoms with Crippen LogP contribution >= 0.6 is 11.6 Å². The van der Waals surface area contributed by atoms with Crippen LogP contribution in [0, 0.1) is 5.95 Å². The Hall–Kier alpha value is -4.12. The highest BCUT2D eigenvalue weighted by Crippen LogP contribution is 2.40. The van der Waals surface area contributed by atoms with Crippen molar-refractivity contribution < 1.29 is 18.7 Å². The molecule has 4 aromatic rings. The van der Waals surface area contributed by atoms with Gasteiger partial charge in [-0.2, -0.15) is 14.4 Å². The lowest BCUT2D eigenvalue weighted by atomic mass is 10.0. The van der Waals surface area contributed by atoms with Gasteiger partial charge in [0.2, 0.25) is 5.95 Å². The van der Waals surface area contributed by atoms with Crippen LogP contribution in [0.1, 0.15) is 23.9 Å². The van der Waals surface area contributed by atoms with Crippen molar-refractivity contribution in [3.05, 3.63) is 64.6 Å². The summed E-state index contributed by atoms with van der Waals surface area (Å²) in [7, 11) is 3.05. The molecule has 2 aliphatic heterocycles. The van der Waals surface area contributed by atoms with E-state index in [1.807, 2.05) is 28.8 Å². The zero-order valence-corrected chi connectivity index (χ0v) is 22.5. The zero-order chi connectivity index (χ0) is 27.3. The van der Waals surface area contributed by atoms with Gasteiger partial charge in [-0.3, -0.25) is 0 Å². The molecule has 1 atom stereocenters. The van der Waals surface area contributed by atoms with Crippen LogP contribution in [0.4, 0.5) is 20.7 Å². The molecule has 39 heavy (non-hydrogen) atoms. The number of halogens is 2. The minimum Gasteiger partial charge on any atom is -0.467 e. The van der Waals surface area contributed by atoms with Crippen molar-refractivity contribution in [2.45, 2.75) is 39.0 Å². The fourth-order valence-corrected chi connectivity index (χ4v) is 5.68. The smallest absolute Gasteiger partial charge is 0.412 e. The number of nitrogens with zero attached hydrogens (tertiary/aromatic N) is 6. The summed E-state index contributed by atoms with van der Waals surface area (Å²) in [4.78, 5) is 29.5. The van der Waals surface area contributed by atoms with E-state index in [0.717, 1.165) is 33.5 Å². The van der Waals surface area contributed by atoms with E-state index in [-0.39, 0.29) is 12.1 Å². The normalized spacial score (nSPS) is 16.6. The number of imidazole rings is 1. The van der Waals surface area contributed by atoms with E-state index in [1.165, 1.54) is 14.2 Å². The van der Waals surface area contributed by atoms with Crippen LogP contribution in [0.2, 0.25) is 5.02 Å². The lowest BCUT2D eigenvalue weighted by Gasteiger charge is -2.38. The average Bonchev–Trinajstić information content (AvgIpc) is 3.30. The molecule has 4 heterocycles. The summed E-state index contributed by atoms with van der Waals surface area (Å²) in [5.41, 5.74) is 3.18. The van der Waals surface area contributed by atoms with E-state index in [4.69, 9.17) is 31.0 Å². The number of ether oxygens (including phenoxy) is 2. The minimum atomic E-state index is -0.554. The van der Waals surface area contributed by atoms with E-state index < -0.39 is 12.0 Å². The van der Waals surface area contributed by atoms with Crippen LogP contribution in [-0.4, -0.2) is 52.4 Å². The Balaban J connectivity index is 1.41. The predicted octanol–water partition coefficient (Wildman–Crippen LogP) is 4.32. The summed E-state index contributed by atoms with van der Waals surface area (Å²) < 4.78 is 27.2. The fraction of sp³-hybridized carbons (Fsp3) is 0.333. The predicted molar refractivity (Wildman–Crippen MR) is 145 cm³/mol. The van der Waals surface area contributed by atoms with Crippen LogP contribution in [0.25, 0.3) is 10.8 Å². The van der Waals surface area contributed by atoms with Crippen LogP contribution in [-0.2, 0) is 26.1 Å². The Bertz CT molecular complexity index is 1590. The summed E-state index contributed by atoms with van der Waals surface area (Å²) >= 11 is 6.67. The van der Waals surface area contributed by atoms with Crippen molar-refractivity contribution in [2.24, 2.45) is 0 Å². The molecular weight excluding hydrogens is 525 g/mol. The van der Waals surface area contributed by atoms with Crippen LogP contribution < -0.4 is 24.6 Å². The Labute approximate surface area is 229 Å². The third-order valence-electron chi connectivity index (χ3n) is 7.32. The molecule has 10 nitrogen and oxygen atoms in total. The molecule has 202 valence electrons. The molecular formula is C27H27ClFN7O3. The first-order valence-corrected chi connectivity index (χ1v) is 13.0. The number of carbonyl (C=O) groups is 1. The standard InChI is InChI=1S/C27H27ClFN7O3/c1-15-11-35-14-31-24(29)22(35)13-36(15)25-18-7-8-34(12-20(18)32-26(33-25)38-3)21-10-17(39-27(37)30-2)9-16-5-4-6-19(28)23(16)21/h4-6,9-10,14-15H,7-8,11-13H2,1-3H3,(H,30,37). The second kappa shape index (κ2) is 9.88. The molecule has 6 rings (SSSR count). The van der Waals surface area contributed by atoms with E-state index in [1.54, 1.807) is 12.4 Å². The Morgan fingerprint density at radius 3 is 2.87 bits per heavy atom. The SMILES string of the molecule is CNC(=O)Oc1cc(N2CCc3c(nc(OC)nc3N3Cc4c(F)ncn4CC3C)C2)c2c(Cl)cccc2c1. The van der Waals surface area contributed by atoms with Gasteiger partial charge in [0.15, 0.2) is 0 Å². The topological polar surface area (TPSA) is 97.6 Å². The van der Waals surface area contributed by atoms with Gasteiger partial charge in [-0.1, -0.05) is 23.7 Å². The molecule has 0 radical (unpaired) electrons. The molecule has 2 aromatic carbocycles. The summed E-state index contributed by atoms with van der Waals surface area (Å²) in [5, 5.41) is 4.80. The highest BCUT2D eigenvalue weighted by Gasteiger charge is 2.32. The highest BCUT2D eigenvalue weighted by molar-refractivity contribution is 6.36. The van der Waals surface area contributed by atoms with Crippen molar-refractivity contribution in [3.8, 4) is 11.8 Å². The largest absolute Gasteiger partial charge is 0.467 e. The van der Waals surface area contributed by atoms with Crippen LogP contribution in [0.15, 0.2) is 36.7 Å². The average molecular weight is 552 g/mol. The van der Waals surface area contributed by atoms with E-state index in [2.05, 4.69) is 27.0 Å². The number of rotatable bonds is 4. The molecule has 0 fully saturated rings. The number of benzene rings is 2. The van der Waals surface area contributed by atoms with Gasteiger partial charge in [-0.05, 0) is 30.9 Å². The van der Waals surface area contributed by atoms with E-state index >= 15 is 0 Å². The van der Waals surface area contributed by atoms with Gasteiger partial charge < -0.3 is 29.2 Å². The summed E-state index contributed by atoms with van der Waals surface area (Å²) in [6.45, 7) is 4.14. The number of hydrogen-bond acceptors (Lipinski definition) is 8. The molecule has 0 spiro atoms. The third kappa shape index (κ3) is 4.46. The number of aromatic nitrogens is 4. The number of carbonyl (C=O) groups excluding carboxylic acids is 1. The first kappa shape index (κ1) is 25.2. The van der Waals surface area contributed by atoms with Gasteiger partial charge in [0.05, 0.1) is 48.6 Å². The maximum atomic E-state index is 14.4. The highest BCUT2D eigenvalue weighted by atomic mass is 35.5. The maximum absolute atomic E-state index is 14.4. The number of nitrogens with one attached hydrogen (secondary N) is 1. The third-order valence-corrected chi connectivity index (χ3v) is 7.63. The zero-order valence-electron chi connectivity index (χ0n) is 21.7. The first-order chi connectivity index (χ1) is 18.9. The van der Waals surface area contributed by atoms with Crippen molar-refractivity contribution in [3.63, 3.8) is 0 Å². The van der Waals surface area contributed by atoms with Gasteiger partial charge in [-0.25, -0.2) is 9.78 Å².